The van der Waals surface area contributed by atoms with Crippen LogP contribution in [0.5, 0.6) is 5.75 Å². The third kappa shape index (κ3) is 4.35. The van der Waals surface area contributed by atoms with Crippen LogP contribution in [0, 0.1) is 6.92 Å². The minimum absolute atomic E-state index is 0.155. The summed E-state index contributed by atoms with van der Waals surface area (Å²) in [4.78, 5) is 14.1. The maximum Gasteiger partial charge on any atom is 0.226 e. The SMILES string of the molecule is CC/C(C)=C(/CC(=O)N(C)CC)c1cc(OC)ccc1C. The topological polar surface area (TPSA) is 29.5 Å². The quantitative estimate of drug-likeness (QED) is 0.790. The van der Waals surface area contributed by atoms with Gasteiger partial charge >= 0.3 is 0 Å². The van der Waals surface area contributed by atoms with Crippen molar-refractivity contribution in [3.8, 4) is 5.75 Å². The monoisotopic (exact) mass is 289 g/mol. The summed E-state index contributed by atoms with van der Waals surface area (Å²) >= 11 is 0. The minimum atomic E-state index is 0.155. The molecule has 0 bridgehead atoms. The van der Waals surface area contributed by atoms with E-state index in [9.17, 15) is 4.79 Å². The van der Waals surface area contributed by atoms with E-state index < -0.39 is 0 Å². The smallest absolute Gasteiger partial charge is 0.226 e. The fourth-order valence-electron chi connectivity index (χ4n) is 2.21. The molecule has 0 aliphatic carbocycles. The Bertz CT molecular complexity index is 532. The molecule has 3 nitrogen and oxygen atoms in total. The molecule has 0 spiro atoms. The van der Waals surface area contributed by atoms with Gasteiger partial charge in [-0.2, -0.15) is 0 Å². The highest BCUT2D eigenvalue weighted by Crippen LogP contribution is 2.30. The molecule has 1 rings (SSSR count). The number of benzene rings is 1. The van der Waals surface area contributed by atoms with Crippen molar-refractivity contribution in [2.24, 2.45) is 0 Å². The van der Waals surface area contributed by atoms with E-state index >= 15 is 0 Å². The summed E-state index contributed by atoms with van der Waals surface area (Å²) in [5, 5.41) is 0. The second-order valence-corrected chi connectivity index (χ2v) is 5.38. The van der Waals surface area contributed by atoms with Crippen molar-refractivity contribution < 1.29 is 9.53 Å². The zero-order chi connectivity index (χ0) is 16.0. The van der Waals surface area contributed by atoms with Crippen LogP contribution in [-0.2, 0) is 4.79 Å². The second kappa shape index (κ2) is 7.87. The number of amides is 1. The Balaban J connectivity index is 3.25. The first-order valence-corrected chi connectivity index (χ1v) is 7.52. The molecule has 0 N–H and O–H groups in total. The number of aryl methyl sites for hydroxylation is 1. The van der Waals surface area contributed by atoms with Crippen LogP contribution in [0.2, 0.25) is 0 Å². The highest BCUT2D eigenvalue weighted by molar-refractivity contribution is 5.90. The number of hydrogen-bond acceptors (Lipinski definition) is 2. The van der Waals surface area contributed by atoms with E-state index in [4.69, 9.17) is 4.74 Å². The molecule has 0 fully saturated rings. The lowest BCUT2D eigenvalue weighted by molar-refractivity contribution is -0.128. The van der Waals surface area contributed by atoms with Crippen LogP contribution in [0.3, 0.4) is 0 Å². The molecule has 0 saturated heterocycles. The zero-order valence-corrected chi connectivity index (χ0v) is 14.1. The first kappa shape index (κ1) is 17.3. The van der Waals surface area contributed by atoms with Crippen LogP contribution >= 0.6 is 0 Å². The number of allylic oxidation sites excluding steroid dienone is 1. The molecule has 0 aromatic heterocycles. The van der Waals surface area contributed by atoms with Crippen molar-refractivity contribution >= 4 is 11.5 Å². The molecular formula is C18H27NO2. The van der Waals surface area contributed by atoms with Gasteiger partial charge in [-0.1, -0.05) is 18.6 Å². The van der Waals surface area contributed by atoms with E-state index in [1.54, 1.807) is 12.0 Å². The van der Waals surface area contributed by atoms with Crippen molar-refractivity contribution in [1.82, 2.24) is 4.90 Å². The highest BCUT2D eigenvalue weighted by Gasteiger charge is 2.16. The van der Waals surface area contributed by atoms with Crippen LogP contribution in [0.25, 0.3) is 5.57 Å². The molecule has 1 amide bonds. The molecule has 0 aliphatic heterocycles. The van der Waals surface area contributed by atoms with Crippen molar-refractivity contribution in [3.05, 3.63) is 34.9 Å². The van der Waals surface area contributed by atoms with E-state index in [-0.39, 0.29) is 5.91 Å². The molecule has 0 unspecified atom stereocenters. The Hall–Kier alpha value is -1.77. The van der Waals surface area contributed by atoms with Gasteiger partial charge in [0.15, 0.2) is 0 Å². The highest BCUT2D eigenvalue weighted by atomic mass is 16.5. The van der Waals surface area contributed by atoms with Gasteiger partial charge in [-0.3, -0.25) is 4.79 Å². The lowest BCUT2D eigenvalue weighted by Gasteiger charge is -2.19. The second-order valence-electron chi connectivity index (χ2n) is 5.38. The van der Waals surface area contributed by atoms with Gasteiger partial charge < -0.3 is 9.64 Å². The van der Waals surface area contributed by atoms with E-state index in [1.807, 2.05) is 32.2 Å². The van der Waals surface area contributed by atoms with Gasteiger partial charge in [0.1, 0.15) is 5.75 Å². The third-order valence-corrected chi connectivity index (χ3v) is 4.04. The molecule has 0 heterocycles. The van der Waals surface area contributed by atoms with Crippen LogP contribution < -0.4 is 4.74 Å². The molecule has 0 aliphatic rings. The first-order chi connectivity index (χ1) is 9.94. The number of carbonyl (C=O) groups excluding carboxylic acids is 1. The van der Waals surface area contributed by atoms with Crippen LogP contribution in [0.4, 0.5) is 0 Å². The molecule has 1 aromatic rings. The van der Waals surface area contributed by atoms with E-state index in [0.717, 1.165) is 29.9 Å². The van der Waals surface area contributed by atoms with Gasteiger partial charge in [0, 0.05) is 13.6 Å². The number of hydrogen-bond donors (Lipinski definition) is 0. The van der Waals surface area contributed by atoms with Crippen LogP contribution in [0.1, 0.15) is 44.7 Å². The van der Waals surface area contributed by atoms with Gasteiger partial charge in [0.2, 0.25) is 5.91 Å². The van der Waals surface area contributed by atoms with Crippen molar-refractivity contribution in [3.63, 3.8) is 0 Å². The Morgan fingerprint density at radius 3 is 2.48 bits per heavy atom. The summed E-state index contributed by atoms with van der Waals surface area (Å²) in [6.45, 7) is 9.02. The van der Waals surface area contributed by atoms with Gasteiger partial charge in [-0.05, 0) is 56.0 Å². The molecule has 0 saturated carbocycles. The number of rotatable bonds is 6. The lowest BCUT2D eigenvalue weighted by Crippen LogP contribution is -2.26. The molecule has 0 atom stereocenters. The molecule has 3 heteroatoms. The van der Waals surface area contributed by atoms with Gasteiger partial charge in [-0.15, -0.1) is 0 Å². The third-order valence-electron chi connectivity index (χ3n) is 4.04. The summed E-state index contributed by atoms with van der Waals surface area (Å²) in [6.07, 6.45) is 1.38. The number of methoxy groups -OCH3 is 1. The first-order valence-electron chi connectivity index (χ1n) is 7.52. The molecule has 0 radical (unpaired) electrons. The van der Waals surface area contributed by atoms with Crippen LogP contribution in [-0.4, -0.2) is 31.5 Å². The summed E-state index contributed by atoms with van der Waals surface area (Å²) in [6, 6.07) is 6.03. The Morgan fingerprint density at radius 2 is 1.95 bits per heavy atom. The Labute approximate surface area is 128 Å². The lowest BCUT2D eigenvalue weighted by atomic mass is 9.92. The maximum absolute atomic E-state index is 12.3. The van der Waals surface area contributed by atoms with Gasteiger partial charge in [0.05, 0.1) is 13.5 Å². The van der Waals surface area contributed by atoms with Gasteiger partial charge in [-0.25, -0.2) is 0 Å². The van der Waals surface area contributed by atoms with E-state index in [1.165, 1.54) is 11.1 Å². The summed E-state index contributed by atoms with van der Waals surface area (Å²) in [5.74, 6) is 0.982. The largest absolute Gasteiger partial charge is 0.497 e. The number of nitrogens with zero attached hydrogens (tertiary/aromatic N) is 1. The fourth-order valence-corrected chi connectivity index (χ4v) is 2.21. The Morgan fingerprint density at radius 1 is 1.29 bits per heavy atom. The zero-order valence-electron chi connectivity index (χ0n) is 14.1. The molecule has 21 heavy (non-hydrogen) atoms. The van der Waals surface area contributed by atoms with Crippen molar-refractivity contribution in [1.29, 1.82) is 0 Å². The number of carbonyl (C=O) groups is 1. The summed E-state index contributed by atoms with van der Waals surface area (Å²) in [7, 11) is 3.51. The fraction of sp³-hybridized carbons (Fsp3) is 0.500. The standard InChI is InChI=1S/C18H27NO2/c1-7-13(3)17(12-18(20)19(5)8-2)16-11-15(21-6)10-9-14(16)4/h9-11H,7-8,12H2,1-6H3/b17-13-. The van der Waals surface area contributed by atoms with Gasteiger partial charge in [0.25, 0.3) is 0 Å². The molecule has 1 aromatic carbocycles. The normalized spacial score (nSPS) is 11.9. The molecular weight excluding hydrogens is 262 g/mol. The van der Waals surface area contributed by atoms with Crippen molar-refractivity contribution in [2.75, 3.05) is 20.7 Å². The Kier molecular flexibility index (Phi) is 6.47. The van der Waals surface area contributed by atoms with E-state index in [0.29, 0.717) is 6.42 Å². The van der Waals surface area contributed by atoms with E-state index in [2.05, 4.69) is 20.8 Å². The summed E-state index contributed by atoms with van der Waals surface area (Å²) in [5.41, 5.74) is 4.67. The predicted molar refractivity (Wildman–Crippen MR) is 88.5 cm³/mol. The maximum atomic E-state index is 12.3. The average molecular weight is 289 g/mol. The molecule has 116 valence electrons. The number of ether oxygens (including phenoxy) is 1. The van der Waals surface area contributed by atoms with Crippen LogP contribution in [0.15, 0.2) is 23.8 Å². The van der Waals surface area contributed by atoms with Crippen molar-refractivity contribution in [2.45, 2.75) is 40.5 Å². The average Bonchev–Trinajstić information content (AvgIpc) is 2.51. The predicted octanol–water partition coefficient (Wildman–Crippen LogP) is 4.06. The summed E-state index contributed by atoms with van der Waals surface area (Å²) < 4.78 is 5.33. The minimum Gasteiger partial charge on any atom is -0.497 e.